The standard InChI is InChI=1S/C15H24FN3O2/c1-8(2)18-15(20)10(5)19-13-7-14(21-9(3)4)11(16)6-12(13)17/h6-10,19H,17H2,1-5H3,(H,18,20). The molecule has 1 amide bonds. The Bertz CT molecular complexity index is 504. The zero-order chi connectivity index (χ0) is 16.2. The zero-order valence-corrected chi connectivity index (χ0v) is 13.2. The third-order valence-corrected chi connectivity index (χ3v) is 2.66. The Hall–Kier alpha value is -1.98. The van der Waals surface area contributed by atoms with Crippen LogP contribution in [0.2, 0.25) is 0 Å². The van der Waals surface area contributed by atoms with Crippen LogP contribution >= 0.6 is 0 Å². The third kappa shape index (κ3) is 5.13. The lowest BCUT2D eigenvalue weighted by molar-refractivity contribution is -0.122. The van der Waals surface area contributed by atoms with Crippen molar-refractivity contribution in [3.63, 3.8) is 0 Å². The van der Waals surface area contributed by atoms with Gasteiger partial charge in [-0.3, -0.25) is 4.79 Å². The summed E-state index contributed by atoms with van der Waals surface area (Å²) in [5.74, 6) is -0.566. The van der Waals surface area contributed by atoms with Crippen LogP contribution in [-0.2, 0) is 4.79 Å². The van der Waals surface area contributed by atoms with E-state index in [-0.39, 0.29) is 29.5 Å². The molecule has 0 aliphatic carbocycles. The van der Waals surface area contributed by atoms with Crippen LogP contribution in [0.5, 0.6) is 5.75 Å². The average molecular weight is 297 g/mol. The summed E-state index contributed by atoms with van der Waals surface area (Å²) >= 11 is 0. The summed E-state index contributed by atoms with van der Waals surface area (Å²) in [5, 5.41) is 5.77. The van der Waals surface area contributed by atoms with E-state index in [2.05, 4.69) is 10.6 Å². The van der Waals surface area contributed by atoms with Crippen LogP contribution in [0, 0.1) is 5.82 Å². The second kappa shape index (κ2) is 7.15. The van der Waals surface area contributed by atoms with E-state index in [1.54, 1.807) is 6.92 Å². The van der Waals surface area contributed by atoms with Gasteiger partial charge in [-0.25, -0.2) is 4.39 Å². The van der Waals surface area contributed by atoms with Crippen LogP contribution < -0.4 is 21.1 Å². The van der Waals surface area contributed by atoms with Crippen molar-refractivity contribution in [2.24, 2.45) is 0 Å². The van der Waals surface area contributed by atoms with Crippen molar-refractivity contribution in [1.29, 1.82) is 0 Å². The number of benzene rings is 1. The van der Waals surface area contributed by atoms with E-state index in [1.807, 2.05) is 27.7 Å². The molecule has 0 aliphatic heterocycles. The lowest BCUT2D eigenvalue weighted by Crippen LogP contribution is -2.41. The lowest BCUT2D eigenvalue weighted by atomic mass is 10.2. The van der Waals surface area contributed by atoms with Gasteiger partial charge in [0.2, 0.25) is 5.91 Å². The highest BCUT2D eigenvalue weighted by Crippen LogP contribution is 2.29. The molecule has 0 bridgehead atoms. The Labute approximate surface area is 125 Å². The van der Waals surface area contributed by atoms with Crippen molar-refractivity contribution in [3.05, 3.63) is 17.9 Å². The molecular weight excluding hydrogens is 273 g/mol. The molecule has 0 aromatic heterocycles. The fraction of sp³-hybridized carbons (Fsp3) is 0.533. The number of anilines is 2. The van der Waals surface area contributed by atoms with Gasteiger partial charge in [0.25, 0.3) is 0 Å². The zero-order valence-electron chi connectivity index (χ0n) is 13.2. The van der Waals surface area contributed by atoms with E-state index < -0.39 is 11.9 Å². The minimum Gasteiger partial charge on any atom is -0.488 e. The number of carbonyl (C=O) groups is 1. The predicted molar refractivity (Wildman–Crippen MR) is 82.9 cm³/mol. The van der Waals surface area contributed by atoms with E-state index in [4.69, 9.17) is 10.5 Å². The molecule has 0 aliphatic rings. The van der Waals surface area contributed by atoms with Gasteiger partial charge in [0.1, 0.15) is 6.04 Å². The van der Waals surface area contributed by atoms with Gasteiger partial charge >= 0.3 is 0 Å². The van der Waals surface area contributed by atoms with Crippen molar-refractivity contribution < 1.29 is 13.9 Å². The van der Waals surface area contributed by atoms with E-state index in [1.165, 1.54) is 12.1 Å². The van der Waals surface area contributed by atoms with Crippen molar-refractivity contribution in [3.8, 4) is 5.75 Å². The van der Waals surface area contributed by atoms with E-state index in [0.717, 1.165) is 0 Å². The van der Waals surface area contributed by atoms with Crippen LogP contribution in [-0.4, -0.2) is 24.1 Å². The normalized spacial score (nSPS) is 12.4. The molecule has 1 aromatic rings. The first kappa shape index (κ1) is 17.1. The quantitative estimate of drug-likeness (QED) is 0.705. The molecule has 1 aromatic carbocycles. The van der Waals surface area contributed by atoms with Gasteiger partial charge in [0, 0.05) is 18.2 Å². The number of nitrogen functional groups attached to an aromatic ring is 1. The number of hydrogen-bond donors (Lipinski definition) is 3. The summed E-state index contributed by atoms with van der Waals surface area (Å²) < 4.78 is 19.1. The number of hydrogen-bond acceptors (Lipinski definition) is 4. The van der Waals surface area contributed by atoms with Crippen LogP contribution in [0.3, 0.4) is 0 Å². The molecule has 0 radical (unpaired) electrons. The Morgan fingerprint density at radius 3 is 2.38 bits per heavy atom. The summed E-state index contributed by atoms with van der Waals surface area (Å²) in [6, 6.07) is 2.22. The maximum atomic E-state index is 13.7. The minimum atomic E-state index is -0.522. The van der Waals surface area contributed by atoms with Crippen molar-refractivity contribution in [1.82, 2.24) is 5.32 Å². The number of nitrogens with two attached hydrogens (primary N) is 1. The Morgan fingerprint density at radius 2 is 1.86 bits per heavy atom. The number of ether oxygens (including phenoxy) is 1. The number of amides is 1. The average Bonchev–Trinajstić information content (AvgIpc) is 2.33. The molecular formula is C15H24FN3O2. The largest absolute Gasteiger partial charge is 0.488 e. The van der Waals surface area contributed by atoms with Gasteiger partial charge in [0.05, 0.1) is 17.5 Å². The second-order valence-electron chi connectivity index (χ2n) is 5.57. The highest BCUT2D eigenvalue weighted by Gasteiger charge is 2.17. The van der Waals surface area contributed by atoms with Crippen molar-refractivity contribution >= 4 is 17.3 Å². The molecule has 1 rings (SSSR count). The van der Waals surface area contributed by atoms with Crippen molar-refractivity contribution in [2.75, 3.05) is 11.1 Å². The number of nitrogens with one attached hydrogen (secondary N) is 2. The molecule has 0 heterocycles. The highest BCUT2D eigenvalue weighted by molar-refractivity contribution is 5.85. The molecule has 4 N–H and O–H groups in total. The maximum Gasteiger partial charge on any atom is 0.242 e. The summed E-state index contributed by atoms with van der Waals surface area (Å²) in [5.41, 5.74) is 6.48. The highest BCUT2D eigenvalue weighted by atomic mass is 19.1. The summed E-state index contributed by atoms with van der Waals surface area (Å²) in [6.45, 7) is 9.09. The molecule has 0 saturated carbocycles. The first-order chi connectivity index (χ1) is 9.70. The molecule has 1 unspecified atom stereocenters. The van der Waals surface area contributed by atoms with Crippen LogP contribution in [0.4, 0.5) is 15.8 Å². The molecule has 0 spiro atoms. The maximum absolute atomic E-state index is 13.7. The first-order valence-corrected chi connectivity index (χ1v) is 7.03. The fourth-order valence-corrected chi connectivity index (χ4v) is 1.75. The summed E-state index contributed by atoms with van der Waals surface area (Å²) in [7, 11) is 0. The van der Waals surface area contributed by atoms with E-state index in [0.29, 0.717) is 5.69 Å². The summed E-state index contributed by atoms with van der Waals surface area (Å²) in [4.78, 5) is 11.9. The first-order valence-electron chi connectivity index (χ1n) is 7.03. The number of carbonyl (C=O) groups excluding carboxylic acids is 1. The molecule has 1 atom stereocenters. The second-order valence-corrected chi connectivity index (χ2v) is 5.57. The van der Waals surface area contributed by atoms with Crippen LogP contribution in [0.25, 0.3) is 0 Å². The summed E-state index contributed by atoms with van der Waals surface area (Å²) in [6.07, 6.45) is -0.155. The Morgan fingerprint density at radius 1 is 1.24 bits per heavy atom. The van der Waals surface area contributed by atoms with E-state index in [9.17, 15) is 9.18 Å². The molecule has 0 fully saturated rings. The Kier molecular flexibility index (Phi) is 5.81. The molecule has 5 nitrogen and oxygen atoms in total. The molecule has 118 valence electrons. The van der Waals surface area contributed by atoms with Gasteiger partial charge in [-0.15, -0.1) is 0 Å². The monoisotopic (exact) mass is 297 g/mol. The Balaban J connectivity index is 2.89. The van der Waals surface area contributed by atoms with Gasteiger partial charge in [-0.2, -0.15) is 0 Å². The third-order valence-electron chi connectivity index (χ3n) is 2.66. The molecule has 0 saturated heterocycles. The smallest absolute Gasteiger partial charge is 0.242 e. The van der Waals surface area contributed by atoms with Gasteiger partial charge < -0.3 is 21.1 Å². The van der Waals surface area contributed by atoms with Crippen molar-refractivity contribution in [2.45, 2.75) is 52.8 Å². The lowest BCUT2D eigenvalue weighted by Gasteiger charge is -2.19. The predicted octanol–water partition coefficient (Wildman–Crippen LogP) is 2.52. The SMILES string of the molecule is CC(C)NC(=O)C(C)Nc1cc(OC(C)C)c(F)cc1N. The van der Waals surface area contributed by atoms with Gasteiger partial charge in [0.15, 0.2) is 11.6 Å². The van der Waals surface area contributed by atoms with Crippen LogP contribution in [0.1, 0.15) is 34.6 Å². The van der Waals surface area contributed by atoms with Gasteiger partial charge in [-0.05, 0) is 34.6 Å². The topological polar surface area (TPSA) is 76.4 Å². The number of rotatable bonds is 6. The molecule has 21 heavy (non-hydrogen) atoms. The van der Waals surface area contributed by atoms with Gasteiger partial charge in [-0.1, -0.05) is 0 Å². The fourth-order valence-electron chi connectivity index (χ4n) is 1.75. The number of halogens is 1. The van der Waals surface area contributed by atoms with E-state index >= 15 is 0 Å². The minimum absolute atomic E-state index is 0.0483. The van der Waals surface area contributed by atoms with Crippen LogP contribution in [0.15, 0.2) is 12.1 Å². The molecule has 6 heteroatoms.